The Bertz CT molecular complexity index is 1670. The first-order valence-corrected chi connectivity index (χ1v) is 13.6. The highest BCUT2D eigenvalue weighted by atomic mass is 32.1. The summed E-state index contributed by atoms with van der Waals surface area (Å²) in [4.78, 5) is 34.0. The monoisotopic (exact) mass is 539 g/mol. The molecule has 1 unspecified atom stereocenters. The molecule has 1 atom stereocenters. The van der Waals surface area contributed by atoms with E-state index in [2.05, 4.69) is 25.9 Å². The first kappa shape index (κ1) is 25.1. The maximum atomic E-state index is 14.7. The number of carbonyl (C=O) groups is 1. The first-order chi connectivity index (χ1) is 19.0. The van der Waals surface area contributed by atoms with Crippen molar-refractivity contribution in [3.63, 3.8) is 0 Å². The van der Waals surface area contributed by atoms with Crippen molar-refractivity contribution in [1.82, 2.24) is 19.9 Å². The molecule has 0 saturated carbocycles. The van der Waals surface area contributed by atoms with E-state index in [1.807, 2.05) is 37.4 Å². The van der Waals surface area contributed by atoms with Crippen LogP contribution in [0.3, 0.4) is 0 Å². The van der Waals surface area contributed by atoms with Gasteiger partial charge in [0.05, 0.1) is 28.1 Å². The molecular weight excluding hydrogens is 513 g/mol. The number of Topliss-reactive ketones (excluding diaryl/α,β-unsaturated/α-hetero) is 1. The van der Waals surface area contributed by atoms with Crippen LogP contribution in [-0.4, -0.2) is 45.9 Å². The Kier molecular flexibility index (Phi) is 6.74. The van der Waals surface area contributed by atoms with Crippen molar-refractivity contribution in [2.45, 2.75) is 25.7 Å². The minimum absolute atomic E-state index is 0.111. The maximum Gasteiger partial charge on any atom is 0.185 e. The van der Waals surface area contributed by atoms with E-state index in [0.717, 1.165) is 51.7 Å². The third-order valence-corrected chi connectivity index (χ3v) is 7.98. The molecule has 0 N–H and O–H groups in total. The number of methoxy groups -OCH3 is 1. The smallest absolute Gasteiger partial charge is 0.185 e. The van der Waals surface area contributed by atoms with Gasteiger partial charge in [0, 0.05) is 43.5 Å². The minimum atomic E-state index is -0.512. The largest absolute Gasteiger partial charge is 0.496 e. The zero-order chi connectivity index (χ0) is 26.9. The molecule has 196 valence electrons. The van der Waals surface area contributed by atoms with E-state index in [-0.39, 0.29) is 29.3 Å². The van der Waals surface area contributed by atoms with Gasteiger partial charge in [-0.3, -0.25) is 9.78 Å². The molecule has 1 aliphatic rings. The number of anilines is 1. The van der Waals surface area contributed by atoms with Crippen molar-refractivity contribution in [3.05, 3.63) is 94.8 Å². The van der Waals surface area contributed by atoms with E-state index >= 15 is 0 Å². The first-order valence-electron chi connectivity index (χ1n) is 12.8. The molecule has 39 heavy (non-hydrogen) atoms. The number of pyridine rings is 1. The quantitative estimate of drug-likeness (QED) is 0.234. The van der Waals surface area contributed by atoms with E-state index in [9.17, 15) is 9.18 Å². The predicted molar refractivity (Wildman–Crippen MR) is 150 cm³/mol. The Morgan fingerprint density at radius 1 is 1.08 bits per heavy atom. The number of aromatic nitrogens is 4. The number of rotatable bonds is 7. The summed E-state index contributed by atoms with van der Waals surface area (Å²) < 4.78 is 21.1. The number of halogens is 1. The number of nitrogens with zero attached hydrogens (tertiary/aromatic N) is 5. The van der Waals surface area contributed by atoms with Crippen molar-refractivity contribution >= 4 is 33.0 Å². The van der Waals surface area contributed by atoms with E-state index in [1.165, 1.54) is 19.4 Å². The standard InChI is InChI=1S/C30H26FN5O2S/c1-18-34-28-26(39-18)10-9-19(29(28)36-15-12-20(17-36)22-7-3-4-13-32-22)16-24(37)23-11-14-33-30(35-23)27-21(31)6-5-8-25(27)38-2/h3-11,13-14,20H,12,15-17H2,1-2H3. The molecule has 3 aromatic heterocycles. The molecule has 0 amide bonds. The van der Waals surface area contributed by atoms with Crippen LogP contribution in [0.2, 0.25) is 0 Å². The summed E-state index contributed by atoms with van der Waals surface area (Å²) >= 11 is 1.65. The number of hydrogen-bond donors (Lipinski definition) is 0. The molecule has 1 aliphatic heterocycles. The van der Waals surface area contributed by atoms with Gasteiger partial charge >= 0.3 is 0 Å². The van der Waals surface area contributed by atoms with E-state index in [4.69, 9.17) is 9.72 Å². The number of benzene rings is 2. The second-order valence-corrected chi connectivity index (χ2v) is 10.8. The fourth-order valence-corrected chi connectivity index (χ4v) is 6.07. The van der Waals surface area contributed by atoms with Crippen LogP contribution >= 0.6 is 11.3 Å². The summed E-state index contributed by atoms with van der Waals surface area (Å²) in [6.45, 7) is 3.65. The zero-order valence-electron chi connectivity index (χ0n) is 21.6. The second kappa shape index (κ2) is 10.5. The summed E-state index contributed by atoms with van der Waals surface area (Å²) in [6.07, 6.45) is 4.42. The number of thiazole rings is 1. The molecule has 1 fully saturated rings. The molecule has 0 radical (unpaired) electrons. The molecule has 7 nitrogen and oxygen atoms in total. The van der Waals surface area contributed by atoms with Gasteiger partial charge in [-0.15, -0.1) is 11.3 Å². The minimum Gasteiger partial charge on any atom is -0.496 e. The summed E-state index contributed by atoms with van der Waals surface area (Å²) in [7, 11) is 1.46. The van der Waals surface area contributed by atoms with Crippen LogP contribution in [0.25, 0.3) is 21.6 Å². The summed E-state index contributed by atoms with van der Waals surface area (Å²) in [5.41, 5.74) is 4.24. The average molecular weight is 540 g/mol. The second-order valence-electron chi connectivity index (χ2n) is 9.52. The third-order valence-electron chi connectivity index (χ3n) is 7.05. The lowest BCUT2D eigenvalue weighted by atomic mass is 10.0. The molecule has 0 spiro atoms. The van der Waals surface area contributed by atoms with Gasteiger partial charge in [-0.2, -0.15) is 0 Å². The number of hydrogen-bond acceptors (Lipinski definition) is 8. The van der Waals surface area contributed by atoms with Gasteiger partial charge in [-0.25, -0.2) is 19.3 Å². The van der Waals surface area contributed by atoms with Crippen molar-refractivity contribution in [2.24, 2.45) is 0 Å². The van der Waals surface area contributed by atoms with Gasteiger partial charge in [0.15, 0.2) is 11.6 Å². The zero-order valence-corrected chi connectivity index (χ0v) is 22.4. The van der Waals surface area contributed by atoms with Crippen molar-refractivity contribution in [2.75, 3.05) is 25.1 Å². The molecule has 0 bridgehead atoms. The van der Waals surface area contributed by atoms with Crippen LogP contribution < -0.4 is 9.64 Å². The summed E-state index contributed by atoms with van der Waals surface area (Å²) in [5, 5.41) is 0.981. The molecule has 1 saturated heterocycles. The van der Waals surface area contributed by atoms with Crippen LogP contribution in [0.15, 0.2) is 67.0 Å². The predicted octanol–water partition coefficient (Wildman–Crippen LogP) is 6.02. The molecule has 6 rings (SSSR count). The lowest BCUT2D eigenvalue weighted by Gasteiger charge is -2.22. The normalized spacial score (nSPS) is 15.2. The highest BCUT2D eigenvalue weighted by molar-refractivity contribution is 7.18. The molecule has 0 aliphatic carbocycles. The maximum absolute atomic E-state index is 14.7. The fourth-order valence-electron chi connectivity index (χ4n) is 5.24. The molecule has 5 aromatic rings. The molecular formula is C30H26FN5O2S. The fraction of sp³-hybridized carbons (Fsp3) is 0.233. The summed E-state index contributed by atoms with van der Waals surface area (Å²) in [6, 6.07) is 16.2. The van der Waals surface area contributed by atoms with Crippen molar-refractivity contribution < 1.29 is 13.9 Å². The van der Waals surface area contributed by atoms with Gasteiger partial charge < -0.3 is 9.64 Å². The number of aryl methyl sites for hydroxylation is 1. The SMILES string of the molecule is COc1cccc(F)c1-c1nccc(C(=O)Cc2ccc3sc(C)nc3c2N2CCC(c3ccccn3)C2)n1. The van der Waals surface area contributed by atoms with E-state index < -0.39 is 5.82 Å². The van der Waals surface area contributed by atoms with E-state index in [0.29, 0.717) is 11.7 Å². The number of ether oxygens (including phenoxy) is 1. The van der Waals surface area contributed by atoms with Crippen LogP contribution in [-0.2, 0) is 6.42 Å². The van der Waals surface area contributed by atoms with Gasteiger partial charge in [-0.1, -0.05) is 18.2 Å². The Balaban J connectivity index is 1.34. The molecule has 9 heteroatoms. The van der Waals surface area contributed by atoms with Crippen LogP contribution in [0.1, 0.15) is 39.1 Å². The van der Waals surface area contributed by atoms with Gasteiger partial charge in [-0.05, 0) is 55.3 Å². The van der Waals surface area contributed by atoms with Gasteiger partial charge in [0.1, 0.15) is 22.8 Å². The van der Waals surface area contributed by atoms with Crippen LogP contribution in [0.5, 0.6) is 5.75 Å². The van der Waals surface area contributed by atoms with Crippen LogP contribution in [0.4, 0.5) is 10.1 Å². The topological polar surface area (TPSA) is 81.1 Å². The highest BCUT2D eigenvalue weighted by Crippen LogP contribution is 2.39. The number of ketones is 1. The molecule has 2 aromatic carbocycles. The Morgan fingerprint density at radius 2 is 1.97 bits per heavy atom. The average Bonchev–Trinajstić information content (AvgIpc) is 3.59. The Morgan fingerprint density at radius 3 is 2.79 bits per heavy atom. The van der Waals surface area contributed by atoms with Crippen molar-refractivity contribution in [1.29, 1.82) is 0 Å². The summed E-state index contributed by atoms with van der Waals surface area (Å²) in [5.74, 6) is 0.0380. The van der Waals surface area contributed by atoms with Gasteiger partial charge in [0.25, 0.3) is 0 Å². The Labute approximate surface area is 229 Å². The van der Waals surface area contributed by atoms with Gasteiger partial charge in [0.2, 0.25) is 0 Å². The number of carbonyl (C=O) groups excluding carboxylic acids is 1. The molecule has 4 heterocycles. The number of fused-ring (bicyclic) bond motifs is 1. The highest BCUT2D eigenvalue weighted by Gasteiger charge is 2.29. The van der Waals surface area contributed by atoms with E-state index in [1.54, 1.807) is 29.5 Å². The van der Waals surface area contributed by atoms with Crippen LogP contribution in [0, 0.1) is 12.7 Å². The lowest BCUT2D eigenvalue weighted by molar-refractivity contribution is 0.0988. The third kappa shape index (κ3) is 4.85. The Hall–Kier alpha value is -4.24. The van der Waals surface area contributed by atoms with Crippen molar-refractivity contribution in [3.8, 4) is 17.1 Å². The lowest BCUT2D eigenvalue weighted by Crippen LogP contribution is -2.22.